The predicted molar refractivity (Wildman–Crippen MR) is 114 cm³/mol. The highest BCUT2D eigenvalue weighted by Crippen LogP contribution is 2.26. The zero-order chi connectivity index (χ0) is 19.1. The molecule has 3 aromatic carbocycles. The molecule has 1 atom stereocenters. The summed E-state index contributed by atoms with van der Waals surface area (Å²) in [5.74, 6) is 0.285. The molecular formula is C25H26O2. The molecule has 3 rings (SSSR count). The number of unbranched alkanes of at least 4 members (excludes halogenated alkanes) is 1. The van der Waals surface area contributed by atoms with Crippen LogP contribution < -0.4 is 0 Å². The van der Waals surface area contributed by atoms with Gasteiger partial charge in [-0.15, -0.1) is 0 Å². The molecule has 2 nitrogen and oxygen atoms in total. The molecule has 0 aliphatic rings. The predicted octanol–water partition coefficient (Wildman–Crippen LogP) is 6.29. The van der Waals surface area contributed by atoms with Crippen LogP contribution in [0.4, 0.5) is 0 Å². The molecule has 27 heavy (non-hydrogen) atoms. The minimum absolute atomic E-state index is 0.210. The first kappa shape index (κ1) is 18.9. The number of aliphatic hydroxyl groups is 1. The van der Waals surface area contributed by atoms with Crippen LogP contribution in [-0.2, 0) is 0 Å². The molecule has 0 heterocycles. The Bertz CT molecular complexity index is 858. The Morgan fingerprint density at radius 3 is 1.67 bits per heavy atom. The average molecular weight is 358 g/mol. The summed E-state index contributed by atoms with van der Waals surface area (Å²) in [6, 6.07) is 24.3. The van der Waals surface area contributed by atoms with E-state index in [1.165, 1.54) is 16.7 Å². The van der Waals surface area contributed by atoms with E-state index in [0.29, 0.717) is 0 Å². The summed E-state index contributed by atoms with van der Waals surface area (Å²) in [4.78, 5) is 0. The van der Waals surface area contributed by atoms with Gasteiger partial charge in [0.25, 0.3) is 0 Å². The van der Waals surface area contributed by atoms with Crippen molar-refractivity contribution < 1.29 is 10.2 Å². The molecule has 2 heteroatoms. The van der Waals surface area contributed by atoms with Crippen molar-refractivity contribution in [2.24, 2.45) is 0 Å². The molecule has 0 amide bonds. The SMILES string of the molecule is CC(O)CCC/C=C/c1ccc(-c2ccc(-c3ccc(O)cc3)cc2)cc1. The van der Waals surface area contributed by atoms with Crippen molar-refractivity contribution in [3.8, 4) is 28.0 Å². The summed E-state index contributed by atoms with van der Waals surface area (Å²) in [5.41, 5.74) is 5.80. The fourth-order valence-electron chi connectivity index (χ4n) is 3.05. The van der Waals surface area contributed by atoms with E-state index >= 15 is 0 Å². The second-order valence-electron chi connectivity index (χ2n) is 6.93. The number of hydrogen-bond donors (Lipinski definition) is 2. The zero-order valence-corrected chi connectivity index (χ0v) is 15.7. The van der Waals surface area contributed by atoms with Crippen LogP contribution in [0, 0.1) is 0 Å². The van der Waals surface area contributed by atoms with Crippen LogP contribution in [0.25, 0.3) is 28.3 Å². The standard InChI is InChI=1S/C25H26O2/c1-19(26)5-3-2-4-6-20-7-9-21(10-8-20)22-11-13-23(14-12-22)24-15-17-25(27)18-16-24/h4,6-19,26-27H,2-3,5H2,1H3/b6-4+. The highest BCUT2D eigenvalue weighted by Gasteiger charge is 2.01. The summed E-state index contributed by atoms with van der Waals surface area (Å²) < 4.78 is 0. The Kier molecular flexibility index (Phi) is 6.45. The highest BCUT2D eigenvalue weighted by molar-refractivity contribution is 5.71. The van der Waals surface area contributed by atoms with Crippen molar-refractivity contribution in [1.82, 2.24) is 0 Å². The number of phenolic OH excluding ortho intramolecular Hbond substituents is 1. The lowest BCUT2D eigenvalue weighted by atomic mass is 9.99. The van der Waals surface area contributed by atoms with Crippen LogP contribution in [0.15, 0.2) is 78.9 Å². The van der Waals surface area contributed by atoms with E-state index in [9.17, 15) is 10.2 Å². The molecule has 0 saturated heterocycles. The topological polar surface area (TPSA) is 40.5 Å². The van der Waals surface area contributed by atoms with Crippen molar-refractivity contribution in [3.05, 3.63) is 84.4 Å². The van der Waals surface area contributed by atoms with Gasteiger partial charge in [-0.1, -0.05) is 72.8 Å². The lowest BCUT2D eigenvalue weighted by molar-refractivity contribution is 0.182. The molecule has 0 bridgehead atoms. The number of allylic oxidation sites excluding steroid dienone is 1. The van der Waals surface area contributed by atoms with Crippen LogP contribution in [0.3, 0.4) is 0 Å². The summed E-state index contributed by atoms with van der Waals surface area (Å²) in [5, 5.41) is 18.7. The largest absolute Gasteiger partial charge is 0.508 e. The van der Waals surface area contributed by atoms with Crippen LogP contribution in [0.1, 0.15) is 31.7 Å². The smallest absolute Gasteiger partial charge is 0.115 e. The van der Waals surface area contributed by atoms with E-state index in [1.807, 2.05) is 19.1 Å². The van der Waals surface area contributed by atoms with Gasteiger partial charge in [-0.25, -0.2) is 0 Å². The maximum atomic E-state index is 9.41. The van der Waals surface area contributed by atoms with Gasteiger partial charge in [0.2, 0.25) is 0 Å². The third kappa shape index (κ3) is 5.57. The van der Waals surface area contributed by atoms with Crippen molar-refractivity contribution >= 4 is 6.08 Å². The zero-order valence-electron chi connectivity index (χ0n) is 15.7. The molecule has 138 valence electrons. The monoisotopic (exact) mass is 358 g/mol. The van der Waals surface area contributed by atoms with Gasteiger partial charge >= 0.3 is 0 Å². The van der Waals surface area contributed by atoms with E-state index in [1.54, 1.807) is 12.1 Å². The summed E-state index contributed by atoms with van der Waals surface area (Å²) in [6.45, 7) is 1.83. The molecule has 3 aromatic rings. The van der Waals surface area contributed by atoms with Gasteiger partial charge in [0.05, 0.1) is 6.10 Å². The highest BCUT2D eigenvalue weighted by atomic mass is 16.3. The summed E-state index contributed by atoms with van der Waals surface area (Å²) >= 11 is 0. The summed E-state index contributed by atoms with van der Waals surface area (Å²) in [7, 11) is 0. The molecule has 0 aliphatic heterocycles. The maximum Gasteiger partial charge on any atom is 0.115 e. The van der Waals surface area contributed by atoms with E-state index in [-0.39, 0.29) is 11.9 Å². The number of hydrogen-bond acceptors (Lipinski definition) is 2. The molecule has 0 saturated carbocycles. The van der Waals surface area contributed by atoms with Gasteiger partial charge in [0, 0.05) is 0 Å². The molecule has 0 aliphatic carbocycles. The lowest BCUT2D eigenvalue weighted by Crippen LogP contribution is -1.97. The van der Waals surface area contributed by atoms with Gasteiger partial charge in [0.1, 0.15) is 5.75 Å². The first-order chi connectivity index (χ1) is 13.1. The second-order valence-corrected chi connectivity index (χ2v) is 6.93. The second kappa shape index (κ2) is 9.20. The van der Waals surface area contributed by atoms with Crippen LogP contribution in [-0.4, -0.2) is 16.3 Å². The maximum absolute atomic E-state index is 9.41. The molecular weight excluding hydrogens is 332 g/mol. The third-order valence-electron chi connectivity index (χ3n) is 4.63. The molecule has 1 unspecified atom stereocenters. The first-order valence-electron chi connectivity index (χ1n) is 9.46. The van der Waals surface area contributed by atoms with Crippen LogP contribution in [0.2, 0.25) is 0 Å². The van der Waals surface area contributed by atoms with E-state index in [2.05, 4.69) is 60.7 Å². The number of rotatable bonds is 7. The summed E-state index contributed by atoms with van der Waals surface area (Å²) in [6.07, 6.45) is 6.95. The van der Waals surface area contributed by atoms with Gasteiger partial charge in [-0.05, 0) is 66.1 Å². The van der Waals surface area contributed by atoms with Gasteiger partial charge in [-0.2, -0.15) is 0 Å². The van der Waals surface area contributed by atoms with Crippen molar-refractivity contribution in [2.75, 3.05) is 0 Å². The van der Waals surface area contributed by atoms with Crippen molar-refractivity contribution in [1.29, 1.82) is 0 Å². The quantitative estimate of drug-likeness (QED) is 0.487. The number of aromatic hydroxyl groups is 1. The van der Waals surface area contributed by atoms with E-state index < -0.39 is 0 Å². The number of benzene rings is 3. The lowest BCUT2D eigenvalue weighted by Gasteiger charge is -2.06. The minimum atomic E-state index is -0.210. The fraction of sp³-hybridized carbons (Fsp3) is 0.200. The Morgan fingerprint density at radius 1 is 0.741 bits per heavy atom. The Hall–Kier alpha value is -2.84. The van der Waals surface area contributed by atoms with E-state index in [4.69, 9.17) is 0 Å². The number of phenols is 1. The van der Waals surface area contributed by atoms with Gasteiger partial charge in [-0.3, -0.25) is 0 Å². The normalized spacial score (nSPS) is 12.4. The molecule has 0 spiro atoms. The molecule has 0 radical (unpaired) electrons. The van der Waals surface area contributed by atoms with Crippen molar-refractivity contribution in [2.45, 2.75) is 32.3 Å². The van der Waals surface area contributed by atoms with Gasteiger partial charge in [0.15, 0.2) is 0 Å². The molecule has 0 aromatic heterocycles. The first-order valence-corrected chi connectivity index (χ1v) is 9.46. The van der Waals surface area contributed by atoms with Gasteiger partial charge < -0.3 is 10.2 Å². The molecule has 2 N–H and O–H groups in total. The van der Waals surface area contributed by atoms with Crippen LogP contribution >= 0.6 is 0 Å². The Labute approximate surface area is 161 Å². The number of aliphatic hydroxyl groups excluding tert-OH is 1. The fourth-order valence-corrected chi connectivity index (χ4v) is 3.05. The minimum Gasteiger partial charge on any atom is -0.508 e. The molecule has 0 fully saturated rings. The Morgan fingerprint density at radius 2 is 1.19 bits per heavy atom. The average Bonchev–Trinajstić information content (AvgIpc) is 2.69. The Balaban J connectivity index is 1.63. The van der Waals surface area contributed by atoms with Crippen molar-refractivity contribution in [3.63, 3.8) is 0 Å². The third-order valence-corrected chi connectivity index (χ3v) is 4.63. The van der Waals surface area contributed by atoms with E-state index in [0.717, 1.165) is 30.4 Å². The van der Waals surface area contributed by atoms with Crippen LogP contribution in [0.5, 0.6) is 5.75 Å².